The Labute approximate surface area is 185 Å². The Morgan fingerprint density at radius 1 is 1.29 bits per heavy atom. The fourth-order valence-electron chi connectivity index (χ4n) is 5.95. The molecule has 5 rings (SSSR count). The molecule has 1 aromatic carbocycles. The zero-order valence-electron chi connectivity index (χ0n) is 19.0. The minimum atomic E-state index is -0.283. The number of nitrogens with zero attached hydrogens (tertiary/aromatic N) is 2. The molecule has 170 valence electrons. The minimum absolute atomic E-state index is 0.220. The molecule has 4 aliphatic heterocycles. The number of ether oxygens (including phenoxy) is 3. The minimum Gasteiger partial charge on any atom is -0.493 e. The Morgan fingerprint density at radius 2 is 2.13 bits per heavy atom. The van der Waals surface area contributed by atoms with Crippen LogP contribution in [0.25, 0.3) is 0 Å². The molecule has 0 bridgehead atoms. The zero-order valence-corrected chi connectivity index (χ0v) is 19.0. The van der Waals surface area contributed by atoms with E-state index in [2.05, 4.69) is 35.8 Å². The van der Waals surface area contributed by atoms with E-state index < -0.39 is 0 Å². The summed E-state index contributed by atoms with van der Waals surface area (Å²) in [5.41, 5.74) is 2.13. The van der Waals surface area contributed by atoms with E-state index >= 15 is 0 Å². The molecule has 31 heavy (non-hydrogen) atoms. The normalized spacial score (nSPS) is 30.2. The van der Waals surface area contributed by atoms with E-state index in [1.165, 1.54) is 11.1 Å². The molecule has 0 saturated carbocycles. The van der Waals surface area contributed by atoms with Gasteiger partial charge in [0.2, 0.25) is 5.91 Å². The Kier molecular flexibility index (Phi) is 5.86. The van der Waals surface area contributed by atoms with Gasteiger partial charge in [0.05, 0.1) is 18.6 Å². The largest absolute Gasteiger partial charge is 0.493 e. The number of likely N-dealkylation sites (tertiary alicyclic amines) is 2. The SMILES string of the molecule is CCCOc1cc2c(cc1CN1CC3COCCC3(C(=O)N3CCCC3)C1)OC(C)C2. The van der Waals surface area contributed by atoms with Gasteiger partial charge in [-0.1, -0.05) is 6.92 Å². The second-order valence-electron chi connectivity index (χ2n) is 9.90. The predicted molar refractivity (Wildman–Crippen MR) is 118 cm³/mol. The molecule has 4 heterocycles. The van der Waals surface area contributed by atoms with Gasteiger partial charge in [-0.05, 0) is 44.7 Å². The second-order valence-corrected chi connectivity index (χ2v) is 9.90. The molecule has 3 atom stereocenters. The summed E-state index contributed by atoms with van der Waals surface area (Å²) in [5, 5.41) is 0. The molecule has 3 unspecified atom stereocenters. The first-order valence-electron chi connectivity index (χ1n) is 12.1. The lowest BCUT2D eigenvalue weighted by Gasteiger charge is -2.39. The van der Waals surface area contributed by atoms with Crippen LogP contribution in [0, 0.1) is 11.3 Å². The van der Waals surface area contributed by atoms with Gasteiger partial charge in [-0.2, -0.15) is 0 Å². The Balaban J connectivity index is 1.38. The number of rotatable bonds is 6. The Bertz CT molecular complexity index is 822. The highest BCUT2D eigenvalue weighted by Gasteiger charge is 2.54. The molecule has 0 aliphatic carbocycles. The molecule has 0 N–H and O–H groups in total. The lowest BCUT2D eigenvalue weighted by atomic mass is 9.73. The molecule has 6 heteroatoms. The topological polar surface area (TPSA) is 51.2 Å². The van der Waals surface area contributed by atoms with Crippen molar-refractivity contribution in [1.29, 1.82) is 0 Å². The summed E-state index contributed by atoms with van der Waals surface area (Å²) < 4.78 is 18.0. The summed E-state index contributed by atoms with van der Waals surface area (Å²) in [6.07, 6.45) is 5.26. The van der Waals surface area contributed by atoms with Gasteiger partial charge in [0.1, 0.15) is 17.6 Å². The fourth-order valence-corrected chi connectivity index (χ4v) is 5.95. The first kappa shape index (κ1) is 21.1. The maximum atomic E-state index is 13.6. The average Bonchev–Trinajstić information content (AvgIpc) is 3.49. The monoisotopic (exact) mass is 428 g/mol. The van der Waals surface area contributed by atoms with E-state index in [-0.39, 0.29) is 17.4 Å². The molecular formula is C25H36N2O4. The molecular weight excluding hydrogens is 392 g/mol. The third-order valence-corrected chi connectivity index (χ3v) is 7.53. The first-order chi connectivity index (χ1) is 15.1. The van der Waals surface area contributed by atoms with Crippen LogP contribution in [0.4, 0.5) is 0 Å². The molecule has 0 aromatic heterocycles. The molecule has 0 radical (unpaired) electrons. The van der Waals surface area contributed by atoms with Crippen molar-refractivity contribution in [2.24, 2.45) is 11.3 Å². The summed E-state index contributed by atoms with van der Waals surface area (Å²) in [6, 6.07) is 4.36. The van der Waals surface area contributed by atoms with E-state index in [4.69, 9.17) is 14.2 Å². The standard InChI is InChI=1S/C25H36N2O4/c1-3-9-30-22-12-19-11-18(2)31-23(19)13-20(22)14-26-15-21-16-29-10-6-25(21,17-26)24(28)27-7-4-5-8-27/h12-13,18,21H,3-11,14-17H2,1-2H3. The quantitative estimate of drug-likeness (QED) is 0.696. The van der Waals surface area contributed by atoms with E-state index in [0.29, 0.717) is 19.1 Å². The van der Waals surface area contributed by atoms with Crippen LogP contribution in [0.2, 0.25) is 0 Å². The van der Waals surface area contributed by atoms with Crippen molar-refractivity contribution in [2.75, 3.05) is 46.0 Å². The van der Waals surface area contributed by atoms with Crippen LogP contribution in [0.1, 0.15) is 50.7 Å². The van der Waals surface area contributed by atoms with Gasteiger partial charge in [-0.25, -0.2) is 0 Å². The number of carbonyl (C=O) groups excluding carboxylic acids is 1. The lowest BCUT2D eigenvalue weighted by Crippen LogP contribution is -2.51. The van der Waals surface area contributed by atoms with Crippen molar-refractivity contribution in [2.45, 2.75) is 58.6 Å². The average molecular weight is 429 g/mol. The van der Waals surface area contributed by atoms with Crippen molar-refractivity contribution >= 4 is 5.91 Å². The number of hydrogen-bond acceptors (Lipinski definition) is 5. The lowest BCUT2D eigenvalue weighted by molar-refractivity contribution is -0.149. The van der Waals surface area contributed by atoms with Crippen LogP contribution in [0.3, 0.4) is 0 Å². The summed E-state index contributed by atoms with van der Waals surface area (Å²) in [4.78, 5) is 18.2. The number of fused-ring (bicyclic) bond motifs is 2. The van der Waals surface area contributed by atoms with Gasteiger partial charge < -0.3 is 19.1 Å². The highest BCUT2D eigenvalue weighted by molar-refractivity contribution is 5.84. The molecule has 1 aromatic rings. The molecule has 1 amide bonds. The highest BCUT2D eigenvalue weighted by Crippen LogP contribution is 2.45. The maximum Gasteiger partial charge on any atom is 0.230 e. The van der Waals surface area contributed by atoms with Gasteiger partial charge in [0.25, 0.3) is 0 Å². The zero-order chi connectivity index (χ0) is 21.4. The maximum absolute atomic E-state index is 13.6. The molecule has 3 saturated heterocycles. The Morgan fingerprint density at radius 3 is 2.94 bits per heavy atom. The van der Waals surface area contributed by atoms with Crippen molar-refractivity contribution in [3.05, 3.63) is 23.3 Å². The predicted octanol–water partition coefficient (Wildman–Crippen LogP) is 3.26. The van der Waals surface area contributed by atoms with E-state index in [0.717, 1.165) is 82.9 Å². The van der Waals surface area contributed by atoms with Crippen LogP contribution in [-0.2, 0) is 22.5 Å². The van der Waals surface area contributed by atoms with Crippen molar-refractivity contribution in [1.82, 2.24) is 9.80 Å². The van der Waals surface area contributed by atoms with Crippen molar-refractivity contribution < 1.29 is 19.0 Å². The van der Waals surface area contributed by atoms with E-state index in [9.17, 15) is 4.79 Å². The summed E-state index contributed by atoms with van der Waals surface area (Å²) >= 11 is 0. The number of amides is 1. The van der Waals surface area contributed by atoms with E-state index in [1.54, 1.807) is 0 Å². The van der Waals surface area contributed by atoms with Gasteiger partial charge in [0.15, 0.2) is 0 Å². The first-order valence-corrected chi connectivity index (χ1v) is 12.1. The van der Waals surface area contributed by atoms with Crippen LogP contribution in [0.15, 0.2) is 12.1 Å². The van der Waals surface area contributed by atoms with Crippen LogP contribution < -0.4 is 9.47 Å². The third kappa shape index (κ3) is 3.93. The number of carbonyl (C=O) groups is 1. The van der Waals surface area contributed by atoms with Gasteiger partial charge in [-0.3, -0.25) is 9.69 Å². The fraction of sp³-hybridized carbons (Fsp3) is 0.720. The summed E-state index contributed by atoms with van der Waals surface area (Å²) in [5.74, 6) is 2.62. The Hall–Kier alpha value is -1.79. The van der Waals surface area contributed by atoms with Gasteiger partial charge in [-0.15, -0.1) is 0 Å². The third-order valence-electron chi connectivity index (χ3n) is 7.53. The van der Waals surface area contributed by atoms with Crippen LogP contribution in [0.5, 0.6) is 11.5 Å². The second kappa shape index (κ2) is 8.62. The van der Waals surface area contributed by atoms with Gasteiger partial charge >= 0.3 is 0 Å². The highest BCUT2D eigenvalue weighted by atomic mass is 16.5. The summed E-state index contributed by atoms with van der Waals surface area (Å²) in [7, 11) is 0. The van der Waals surface area contributed by atoms with Crippen molar-refractivity contribution in [3.8, 4) is 11.5 Å². The van der Waals surface area contributed by atoms with Gasteiger partial charge in [0, 0.05) is 62.8 Å². The molecule has 6 nitrogen and oxygen atoms in total. The van der Waals surface area contributed by atoms with Crippen molar-refractivity contribution in [3.63, 3.8) is 0 Å². The van der Waals surface area contributed by atoms with Crippen LogP contribution in [-0.4, -0.2) is 67.8 Å². The van der Waals surface area contributed by atoms with Crippen LogP contribution >= 0.6 is 0 Å². The number of benzene rings is 1. The smallest absolute Gasteiger partial charge is 0.230 e. The molecule has 3 fully saturated rings. The molecule has 0 spiro atoms. The number of hydrogen-bond donors (Lipinski definition) is 0. The summed E-state index contributed by atoms with van der Waals surface area (Å²) in [6.45, 7) is 10.7. The molecule has 4 aliphatic rings. The van der Waals surface area contributed by atoms with E-state index in [1.807, 2.05) is 0 Å².